The van der Waals surface area contributed by atoms with Crippen molar-refractivity contribution in [2.24, 2.45) is 0 Å². The first-order valence-electron chi connectivity index (χ1n) is 9.09. The summed E-state index contributed by atoms with van der Waals surface area (Å²) in [6.07, 6.45) is 0.432. The van der Waals surface area contributed by atoms with Gasteiger partial charge in [0.25, 0.3) is 0 Å². The van der Waals surface area contributed by atoms with Crippen LogP contribution in [-0.2, 0) is 20.9 Å². The molecule has 1 aromatic heterocycles. The SMILES string of the molecule is CCC(C(=O)NCC(=O)OCc1ccccc1)n1nnc(-c2ccc(Cl)cc2)n1. The smallest absolute Gasteiger partial charge is 0.325 e. The van der Waals surface area contributed by atoms with Gasteiger partial charge in [-0.1, -0.05) is 48.9 Å². The molecule has 0 saturated carbocycles. The first-order chi connectivity index (χ1) is 14.1. The molecule has 0 radical (unpaired) electrons. The summed E-state index contributed by atoms with van der Waals surface area (Å²) in [5.74, 6) is -0.523. The van der Waals surface area contributed by atoms with E-state index in [1.165, 1.54) is 4.80 Å². The highest BCUT2D eigenvalue weighted by molar-refractivity contribution is 6.30. The summed E-state index contributed by atoms with van der Waals surface area (Å²) in [7, 11) is 0. The molecule has 0 bridgehead atoms. The van der Waals surface area contributed by atoms with Crippen LogP contribution in [0.2, 0.25) is 5.02 Å². The highest BCUT2D eigenvalue weighted by Gasteiger charge is 2.22. The van der Waals surface area contributed by atoms with Gasteiger partial charge in [-0.2, -0.15) is 4.80 Å². The standard InChI is InChI=1S/C20H20ClN5O3/c1-2-17(26-24-19(23-25-26)15-8-10-16(21)11-9-15)20(28)22-12-18(27)29-13-14-6-4-3-5-7-14/h3-11,17H,2,12-13H2,1H3,(H,22,28). The van der Waals surface area contributed by atoms with Gasteiger partial charge in [-0.3, -0.25) is 9.59 Å². The van der Waals surface area contributed by atoms with Crippen molar-refractivity contribution in [3.8, 4) is 11.4 Å². The van der Waals surface area contributed by atoms with Gasteiger partial charge in [0, 0.05) is 10.6 Å². The fraction of sp³-hybridized carbons (Fsp3) is 0.250. The lowest BCUT2D eigenvalue weighted by atomic mass is 10.2. The van der Waals surface area contributed by atoms with Gasteiger partial charge in [0.1, 0.15) is 13.2 Å². The van der Waals surface area contributed by atoms with Crippen LogP contribution in [0.5, 0.6) is 0 Å². The third-order valence-electron chi connectivity index (χ3n) is 4.15. The van der Waals surface area contributed by atoms with Gasteiger partial charge in [0.2, 0.25) is 11.7 Å². The molecule has 9 heteroatoms. The topological polar surface area (TPSA) is 99.0 Å². The number of amides is 1. The maximum absolute atomic E-state index is 12.5. The Balaban J connectivity index is 1.55. The van der Waals surface area contributed by atoms with E-state index in [1.807, 2.05) is 37.3 Å². The molecule has 150 valence electrons. The van der Waals surface area contributed by atoms with Gasteiger partial charge in [-0.05, 0) is 41.5 Å². The summed E-state index contributed by atoms with van der Waals surface area (Å²) in [6, 6.07) is 15.6. The van der Waals surface area contributed by atoms with Crippen molar-refractivity contribution in [2.45, 2.75) is 26.0 Å². The van der Waals surface area contributed by atoms with Crippen molar-refractivity contribution >= 4 is 23.5 Å². The lowest BCUT2D eigenvalue weighted by Crippen LogP contribution is -2.37. The summed E-state index contributed by atoms with van der Waals surface area (Å²) in [5.41, 5.74) is 1.61. The Bertz CT molecular complexity index is 960. The van der Waals surface area contributed by atoms with E-state index in [-0.39, 0.29) is 19.1 Å². The zero-order chi connectivity index (χ0) is 20.6. The Morgan fingerprint density at radius 2 is 1.86 bits per heavy atom. The molecule has 3 rings (SSSR count). The molecule has 1 unspecified atom stereocenters. The number of nitrogens with one attached hydrogen (secondary N) is 1. The predicted molar refractivity (Wildman–Crippen MR) is 107 cm³/mol. The van der Waals surface area contributed by atoms with E-state index in [2.05, 4.69) is 20.7 Å². The van der Waals surface area contributed by atoms with Crippen LogP contribution >= 0.6 is 11.6 Å². The minimum absolute atomic E-state index is 0.155. The van der Waals surface area contributed by atoms with Crippen LogP contribution in [0.15, 0.2) is 54.6 Å². The van der Waals surface area contributed by atoms with E-state index in [0.29, 0.717) is 17.3 Å². The van der Waals surface area contributed by atoms with Crippen LogP contribution in [0.1, 0.15) is 24.9 Å². The van der Waals surface area contributed by atoms with Crippen molar-refractivity contribution in [2.75, 3.05) is 6.54 Å². The van der Waals surface area contributed by atoms with Crippen molar-refractivity contribution in [3.05, 3.63) is 65.2 Å². The second-order valence-electron chi connectivity index (χ2n) is 6.23. The highest BCUT2D eigenvalue weighted by atomic mass is 35.5. The summed E-state index contributed by atoms with van der Waals surface area (Å²) in [5, 5.41) is 15.4. The summed E-state index contributed by atoms with van der Waals surface area (Å²) in [6.45, 7) is 1.74. The number of hydrogen-bond acceptors (Lipinski definition) is 6. The van der Waals surface area contributed by atoms with Crippen molar-refractivity contribution in [1.82, 2.24) is 25.5 Å². The second kappa shape index (κ2) is 9.79. The first kappa shape index (κ1) is 20.5. The number of rotatable bonds is 8. The van der Waals surface area contributed by atoms with Crippen LogP contribution in [-0.4, -0.2) is 38.6 Å². The molecule has 1 N–H and O–H groups in total. The Hall–Kier alpha value is -3.26. The molecule has 8 nitrogen and oxygen atoms in total. The molecule has 0 spiro atoms. The monoisotopic (exact) mass is 413 g/mol. The average Bonchev–Trinajstić information content (AvgIpc) is 3.22. The lowest BCUT2D eigenvalue weighted by Gasteiger charge is -2.13. The number of nitrogens with zero attached hydrogens (tertiary/aromatic N) is 4. The molecule has 2 aromatic carbocycles. The summed E-state index contributed by atoms with van der Waals surface area (Å²) >= 11 is 5.88. The average molecular weight is 414 g/mol. The molecule has 29 heavy (non-hydrogen) atoms. The number of tetrazole rings is 1. The molecular weight excluding hydrogens is 394 g/mol. The summed E-state index contributed by atoms with van der Waals surface area (Å²) < 4.78 is 5.15. The van der Waals surface area contributed by atoms with Gasteiger partial charge >= 0.3 is 5.97 Å². The van der Waals surface area contributed by atoms with E-state index < -0.39 is 12.0 Å². The molecule has 3 aromatic rings. The Kier molecular flexibility index (Phi) is 6.91. The minimum Gasteiger partial charge on any atom is -0.460 e. The normalized spacial score (nSPS) is 11.7. The van der Waals surface area contributed by atoms with Gasteiger partial charge < -0.3 is 10.1 Å². The maximum atomic E-state index is 12.5. The van der Waals surface area contributed by atoms with Crippen LogP contribution in [0.4, 0.5) is 0 Å². The summed E-state index contributed by atoms with van der Waals surface area (Å²) in [4.78, 5) is 25.6. The lowest BCUT2D eigenvalue weighted by molar-refractivity contribution is -0.145. The molecular formula is C20H20ClN5O3. The predicted octanol–water partition coefficient (Wildman–Crippen LogP) is 2.80. The Morgan fingerprint density at radius 3 is 2.55 bits per heavy atom. The molecule has 0 aliphatic heterocycles. The minimum atomic E-state index is -0.689. The van der Waals surface area contributed by atoms with E-state index in [9.17, 15) is 9.59 Å². The number of halogens is 1. The molecule has 1 heterocycles. The molecule has 0 aliphatic carbocycles. The largest absolute Gasteiger partial charge is 0.460 e. The zero-order valence-corrected chi connectivity index (χ0v) is 16.5. The maximum Gasteiger partial charge on any atom is 0.325 e. The number of aromatic nitrogens is 4. The Morgan fingerprint density at radius 1 is 1.14 bits per heavy atom. The quantitative estimate of drug-likeness (QED) is 0.570. The van der Waals surface area contributed by atoms with E-state index in [0.717, 1.165) is 11.1 Å². The fourth-order valence-corrected chi connectivity index (χ4v) is 2.72. The van der Waals surface area contributed by atoms with Gasteiger partial charge in [0.05, 0.1) is 0 Å². The van der Waals surface area contributed by atoms with Crippen LogP contribution < -0.4 is 5.32 Å². The first-order valence-corrected chi connectivity index (χ1v) is 9.47. The zero-order valence-electron chi connectivity index (χ0n) is 15.8. The van der Waals surface area contributed by atoms with Gasteiger partial charge in [-0.15, -0.1) is 10.2 Å². The Labute approximate surface area is 172 Å². The molecule has 1 atom stereocenters. The molecule has 0 aliphatic rings. The van der Waals surface area contributed by atoms with Crippen molar-refractivity contribution < 1.29 is 14.3 Å². The second-order valence-corrected chi connectivity index (χ2v) is 6.66. The number of carbonyl (C=O) groups excluding carboxylic acids is 2. The van der Waals surface area contributed by atoms with E-state index >= 15 is 0 Å². The van der Waals surface area contributed by atoms with Gasteiger partial charge in [-0.25, -0.2) is 0 Å². The third kappa shape index (κ3) is 5.61. The van der Waals surface area contributed by atoms with Crippen LogP contribution in [0, 0.1) is 0 Å². The molecule has 1 amide bonds. The van der Waals surface area contributed by atoms with Crippen molar-refractivity contribution in [3.63, 3.8) is 0 Å². The van der Waals surface area contributed by atoms with E-state index in [4.69, 9.17) is 16.3 Å². The third-order valence-corrected chi connectivity index (χ3v) is 4.40. The van der Waals surface area contributed by atoms with Crippen LogP contribution in [0.3, 0.4) is 0 Å². The van der Waals surface area contributed by atoms with Crippen molar-refractivity contribution in [1.29, 1.82) is 0 Å². The number of carbonyl (C=O) groups is 2. The van der Waals surface area contributed by atoms with E-state index in [1.54, 1.807) is 24.3 Å². The molecule has 0 saturated heterocycles. The number of hydrogen-bond donors (Lipinski definition) is 1. The van der Waals surface area contributed by atoms with Crippen LogP contribution in [0.25, 0.3) is 11.4 Å². The highest BCUT2D eigenvalue weighted by Crippen LogP contribution is 2.18. The number of benzene rings is 2. The molecule has 0 fully saturated rings. The number of esters is 1. The number of ether oxygens (including phenoxy) is 1. The fourth-order valence-electron chi connectivity index (χ4n) is 2.59. The van der Waals surface area contributed by atoms with Gasteiger partial charge in [0.15, 0.2) is 6.04 Å².